The molecule has 0 saturated carbocycles. The van der Waals surface area contributed by atoms with Gasteiger partial charge >= 0.3 is 0 Å². The van der Waals surface area contributed by atoms with Crippen LogP contribution in [0.5, 0.6) is 0 Å². The van der Waals surface area contributed by atoms with E-state index in [1.165, 1.54) is 11.1 Å². The first-order chi connectivity index (χ1) is 5.61. The van der Waals surface area contributed by atoms with E-state index in [1.807, 2.05) is 0 Å². The predicted molar refractivity (Wildman–Crippen MR) is 47.6 cm³/mol. The van der Waals surface area contributed by atoms with Gasteiger partial charge in [0.25, 0.3) is 5.91 Å². The van der Waals surface area contributed by atoms with Crippen molar-refractivity contribution >= 4 is 19.2 Å². The van der Waals surface area contributed by atoms with Crippen LogP contribution in [0.25, 0.3) is 0 Å². The molecule has 0 fully saturated rings. The standard InChI is InChI=1S/C8H9BN2O/c1-11(2)8(12)7-5-6(9)3-4-10-7/h3-5H,1-2H3. The van der Waals surface area contributed by atoms with E-state index in [0.29, 0.717) is 11.2 Å². The topological polar surface area (TPSA) is 33.2 Å². The van der Waals surface area contributed by atoms with E-state index in [0.717, 1.165) is 0 Å². The molecule has 0 aliphatic carbocycles. The van der Waals surface area contributed by atoms with Crippen LogP contribution >= 0.6 is 0 Å². The lowest BCUT2D eigenvalue weighted by Gasteiger charge is -2.09. The Morgan fingerprint density at radius 1 is 1.58 bits per heavy atom. The van der Waals surface area contributed by atoms with Crippen molar-refractivity contribution in [1.82, 2.24) is 9.88 Å². The number of carbonyl (C=O) groups is 1. The average Bonchev–Trinajstić information content (AvgIpc) is 2.03. The third kappa shape index (κ3) is 1.84. The van der Waals surface area contributed by atoms with Gasteiger partial charge in [0.05, 0.1) is 0 Å². The van der Waals surface area contributed by atoms with Crippen molar-refractivity contribution in [3.05, 3.63) is 24.0 Å². The van der Waals surface area contributed by atoms with Crippen LogP contribution in [0.15, 0.2) is 18.3 Å². The first-order valence-electron chi connectivity index (χ1n) is 3.54. The highest BCUT2D eigenvalue weighted by Gasteiger charge is 2.07. The monoisotopic (exact) mass is 160 g/mol. The molecule has 12 heavy (non-hydrogen) atoms. The number of pyridine rings is 1. The molecule has 0 saturated heterocycles. The zero-order chi connectivity index (χ0) is 9.14. The smallest absolute Gasteiger partial charge is 0.271 e. The lowest BCUT2D eigenvalue weighted by Crippen LogP contribution is -2.24. The summed E-state index contributed by atoms with van der Waals surface area (Å²) in [6.45, 7) is 0. The fourth-order valence-corrected chi connectivity index (χ4v) is 0.793. The first-order valence-corrected chi connectivity index (χ1v) is 3.54. The van der Waals surface area contributed by atoms with Gasteiger partial charge in [-0.25, -0.2) is 0 Å². The van der Waals surface area contributed by atoms with Crippen LogP contribution in [-0.2, 0) is 0 Å². The van der Waals surface area contributed by atoms with Crippen molar-refractivity contribution in [2.24, 2.45) is 0 Å². The van der Waals surface area contributed by atoms with Gasteiger partial charge in [-0.05, 0) is 6.07 Å². The number of amides is 1. The Kier molecular flexibility index (Phi) is 2.48. The summed E-state index contributed by atoms with van der Waals surface area (Å²) < 4.78 is 0. The number of nitrogens with zero attached hydrogens (tertiary/aromatic N) is 2. The Hall–Kier alpha value is -1.32. The van der Waals surface area contributed by atoms with Gasteiger partial charge in [0.1, 0.15) is 13.5 Å². The Balaban J connectivity index is 2.96. The summed E-state index contributed by atoms with van der Waals surface area (Å²) in [5, 5.41) is 0. The molecule has 0 N–H and O–H groups in total. The fraction of sp³-hybridized carbons (Fsp3) is 0.250. The number of hydrogen-bond donors (Lipinski definition) is 0. The summed E-state index contributed by atoms with van der Waals surface area (Å²) >= 11 is 0. The zero-order valence-corrected chi connectivity index (χ0v) is 7.11. The van der Waals surface area contributed by atoms with E-state index < -0.39 is 0 Å². The van der Waals surface area contributed by atoms with Gasteiger partial charge in [-0.1, -0.05) is 11.5 Å². The summed E-state index contributed by atoms with van der Waals surface area (Å²) in [7, 11) is 8.83. The molecular weight excluding hydrogens is 151 g/mol. The van der Waals surface area contributed by atoms with Crippen LogP contribution in [0, 0.1) is 0 Å². The lowest BCUT2D eigenvalue weighted by molar-refractivity contribution is 0.0822. The normalized spacial score (nSPS) is 9.50. The molecule has 1 aromatic heterocycles. The van der Waals surface area contributed by atoms with Crippen LogP contribution in [0.2, 0.25) is 0 Å². The SMILES string of the molecule is [B]c1ccnc(C(=O)N(C)C)c1. The molecule has 1 aromatic rings. The second-order valence-electron chi connectivity index (χ2n) is 2.67. The summed E-state index contributed by atoms with van der Waals surface area (Å²) in [4.78, 5) is 16.7. The second kappa shape index (κ2) is 3.39. The van der Waals surface area contributed by atoms with E-state index in [2.05, 4.69) is 4.98 Å². The Bertz CT molecular complexity index is 299. The van der Waals surface area contributed by atoms with E-state index in [4.69, 9.17) is 7.85 Å². The van der Waals surface area contributed by atoms with Gasteiger partial charge in [-0.3, -0.25) is 9.78 Å². The maximum absolute atomic E-state index is 11.3. The minimum absolute atomic E-state index is 0.137. The number of rotatable bonds is 1. The predicted octanol–water partition coefficient (Wildman–Crippen LogP) is -0.423. The van der Waals surface area contributed by atoms with Crippen LogP contribution in [0.1, 0.15) is 10.5 Å². The zero-order valence-electron chi connectivity index (χ0n) is 7.11. The molecule has 0 spiro atoms. The molecule has 0 atom stereocenters. The molecule has 0 unspecified atom stereocenters. The lowest BCUT2D eigenvalue weighted by atomic mass is 9.97. The van der Waals surface area contributed by atoms with Crippen molar-refractivity contribution in [2.45, 2.75) is 0 Å². The van der Waals surface area contributed by atoms with Gasteiger partial charge in [-0.2, -0.15) is 0 Å². The van der Waals surface area contributed by atoms with Crippen molar-refractivity contribution in [3.8, 4) is 0 Å². The molecule has 1 heterocycles. The van der Waals surface area contributed by atoms with E-state index in [1.54, 1.807) is 26.2 Å². The third-order valence-corrected chi connectivity index (χ3v) is 1.41. The Morgan fingerprint density at radius 3 is 2.75 bits per heavy atom. The maximum atomic E-state index is 11.3. The number of carbonyl (C=O) groups excluding carboxylic acids is 1. The highest BCUT2D eigenvalue weighted by Crippen LogP contribution is 1.94. The highest BCUT2D eigenvalue weighted by atomic mass is 16.2. The van der Waals surface area contributed by atoms with Gasteiger partial charge in [0.2, 0.25) is 0 Å². The molecule has 3 nitrogen and oxygen atoms in total. The van der Waals surface area contributed by atoms with Gasteiger partial charge in [0, 0.05) is 20.3 Å². The molecule has 1 amide bonds. The molecule has 60 valence electrons. The second-order valence-corrected chi connectivity index (χ2v) is 2.67. The summed E-state index contributed by atoms with van der Waals surface area (Å²) in [6, 6.07) is 3.20. The van der Waals surface area contributed by atoms with Crippen molar-refractivity contribution in [3.63, 3.8) is 0 Å². The highest BCUT2D eigenvalue weighted by molar-refractivity contribution is 6.32. The molecule has 0 aliphatic heterocycles. The minimum Gasteiger partial charge on any atom is -0.343 e. The molecule has 2 radical (unpaired) electrons. The maximum Gasteiger partial charge on any atom is 0.271 e. The molecule has 0 bridgehead atoms. The van der Waals surface area contributed by atoms with Crippen molar-refractivity contribution < 1.29 is 4.79 Å². The van der Waals surface area contributed by atoms with Gasteiger partial charge < -0.3 is 4.90 Å². The third-order valence-electron chi connectivity index (χ3n) is 1.41. The molecule has 0 aliphatic rings. The van der Waals surface area contributed by atoms with Crippen LogP contribution < -0.4 is 5.46 Å². The molecule has 0 aromatic carbocycles. The van der Waals surface area contributed by atoms with E-state index in [9.17, 15) is 4.79 Å². The summed E-state index contributed by atoms with van der Waals surface area (Å²) in [5.74, 6) is -0.137. The van der Waals surface area contributed by atoms with Crippen LogP contribution in [0.3, 0.4) is 0 Å². The Morgan fingerprint density at radius 2 is 2.25 bits per heavy atom. The first kappa shape index (κ1) is 8.78. The summed E-state index contributed by atoms with van der Waals surface area (Å²) in [6.07, 6.45) is 1.52. The van der Waals surface area contributed by atoms with Crippen molar-refractivity contribution in [1.29, 1.82) is 0 Å². The number of aromatic nitrogens is 1. The minimum atomic E-state index is -0.137. The van der Waals surface area contributed by atoms with Crippen LogP contribution in [-0.4, -0.2) is 37.7 Å². The van der Waals surface area contributed by atoms with E-state index >= 15 is 0 Å². The molecule has 4 heteroatoms. The van der Waals surface area contributed by atoms with E-state index in [-0.39, 0.29) is 5.91 Å². The number of hydrogen-bond acceptors (Lipinski definition) is 2. The average molecular weight is 160 g/mol. The summed E-state index contributed by atoms with van der Waals surface area (Å²) in [5.41, 5.74) is 0.926. The fourth-order valence-electron chi connectivity index (χ4n) is 0.793. The molecular formula is C8H9BN2O. The largest absolute Gasteiger partial charge is 0.343 e. The van der Waals surface area contributed by atoms with Gasteiger partial charge in [0.15, 0.2) is 0 Å². The van der Waals surface area contributed by atoms with Gasteiger partial charge in [-0.15, -0.1) is 0 Å². The Labute approximate surface area is 72.8 Å². The molecule has 1 rings (SSSR count). The quantitative estimate of drug-likeness (QED) is 0.522. The van der Waals surface area contributed by atoms with Crippen molar-refractivity contribution in [2.75, 3.05) is 14.1 Å². The van der Waals surface area contributed by atoms with Crippen LogP contribution in [0.4, 0.5) is 0 Å².